The van der Waals surface area contributed by atoms with Crippen molar-refractivity contribution in [2.45, 2.75) is 19.9 Å². The Kier molecular flexibility index (Phi) is 2.81. The minimum atomic E-state index is -0.299. The van der Waals surface area contributed by atoms with Crippen molar-refractivity contribution < 1.29 is 4.39 Å². The van der Waals surface area contributed by atoms with E-state index in [0.29, 0.717) is 17.6 Å². The van der Waals surface area contributed by atoms with E-state index >= 15 is 0 Å². The third-order valence-electron chi connectivity index (χ3n) is 2.61. The van der Waals surface area contributed by atoms with Crippen LogP contribution in [0.3, 0.4) is 0 Å². The number of aromatic nitrogens is 2. The summed E-state index contributed by atoms with van der Waals surface area (Å²) in [6, 6.07) is 0.369. The molecule has 0 aliphatic carbocycles. The Balaban J connectivity index is 2.24. The SMILES string of the molecule is Cc1ncnc(N2CCN[C@H](C)C2)c1F. The Labute approximate surface area is 88.5 Å². The van der Waals surface area contributed by atoms with Crippen molar-refractivity contribution in [1.82, 2.24) is 15.3 Å². The van der Waals surface area contributed by atoms with Gasteiger partial charge in [-0.25, -0.2) is 14.4 Å². The summed E-state index contributed by atoms with van der Waals surface area (Å²) in [5.74, 6) is 0.127. The summed E-state index contributed by atoms with van der Waals surface area (Å²) in [4.78, 5) is 9.80. The first-order valence-corrected chi connectivity index (χ1v) is 5.14. The molecule has 0 spiro atoms. The number of nitrogens with one attached hydrogen (secondary N) is 1. The monoisotopic (exact) mass is 210 g/mol. The lowest BCUT2D eigenvalue weighted by Gasteiger charge is -2.32. The molecule has 2 rings (SSSR count). The topological polar surface area (TPSA) is 41.1 Å². The molecule has 1 aromatic rings. The zero-order valence-electron chi connectivity index (χ0n) is 9.00. The molecular weight excluding hydrogens is 195 g/mol. The Hall–Kier alpha value is -1.23. The minimum Gasteiger partial charge on any atom is -0.351 e. The number of hydrogen-bond donors (Lipinski definition) is 1. The first-order valence-electron chi connectivity index (χ1n) is 5.14. The standard InChI is InChI=1S/C10H15FN4/c1-7-5-15(4-3-12-7)10-9(11)8(2)13-6-14-10/h6-7,12H,3-5H2,1-2H3/t7-/m1/s1. The Bertz CT molecular complexity index is 355. The van der Waals surface area contributed by atoms with E-state index in [4.69, 9.17) is 0 Å². The number of aryl methyl sites for hydroxylation is 1. The van der Waals surface area contributed by atoms with Crippen LogP contribution in [0.1, 0.15) is 12.6 Å². The van der Waals surface area contributed by atoms with Crippen molar-refractivity contribution in [2.75, 3.05) is 24.5 Å². The van der Waals surface area contributed by atoms with Crippen LogP contribution in [0.4, 0.5) is 10.2 Å². The van der Waals surface area contributed by atoms with Crippen LogP contribution < -0.4 is 10.2 Å². The summed E-state index contributed by atoms with van der Waals surface area (Å²) >= 11 is 0. The van der Waals surface area contributed by atoms with Gasteiger partial charge in [0.05, 0.1) is 5.69 Å². The maximum absolute atomic E-state index is 13.7. The summed E-state index contributed by atoms with van der Waals surface area (Å²) in [5.41, 5.74) is 0.409. The highest BCUT2D eigenvalue weighted by molar-refractivity contribution is 5.41. The summed E-state index contributed by atoms with van der Waals surface area (Å²) in [6.45, 7) is 6.18. The normalized spacial score (nSPS) is 21.8. The molecule has 1 atom stereocenters. The molecule has 0 bridgehead atoms. The fourth-order valence-corrected chi connectivity index (χ4v) is 1.79. The number of halogens is 1. The fourth-order valence-electron chi connectivity index (χ4n) is 1.79. The third-order valence-corrected chi connectivity index (χ3v) is 2.61. The highest BCUT2D eigenvalue weighted by Gasteiger charge is 2.20. The van der Waals surface area contributed by atoms with E-state index < -0.39 is 0 Å². The highest BCUT2D eigenvalue weighted by atomic mass is 19.1. The van der Waals surface area contributed by atoms with Crippen molar-refractivity contribution in [3.8, 4) is 0 Å². The van der Waals surface area contributed by atoms with Gasteiger partial charge >= 0.3 is 0 Å². The Morgan fingerprint density at radius 2 is 2.33 bits per heavy atom. The van der Waals surface area contributed by atoms with E-state index in [1.165, 1.54) is 6.33 Å². The molecule has 0 radical (unpaired) electrons. The van der Waals surface area contributed by atoms with Crippen LogP contribution in [-0.2, 0) is 0 Å². The highest BCUT2D eigenvalue weighted by Crippen LogP contribution is 2.18. The van der Waals surface area contributed by atoms with Crippen LogP contribution in [0.2, 0.25) is 0 Å². The second kappa shape index (κ2) is 4.10. The molecule has 1 aliphatic heterocycles. The van der Waals surface area contributed by atoms with Gasteiger partial charge in [-0.1, -0.05) is 0 Å². The van der Waals surface area contributed by atoms with E-state index in [0.717, 1.165) is 19.6 Å². The van der Waals surface area contributed by atoms with E-state index in [1.54, 1.807) is 6.92 Å². The lowest BCUT2D eigenvalue weighted by atomic mass is 10.2. The second-order valence-corrected chi connectivity index (χ2v) is 3.90. The predicted molar refractivity (Wildman–Crippen MR) is 56.4 cm³/mol. The van der Waals surface area contributed by atoms with Crippen molar-refractivity contribution in [3.63, 3.8) is 0 Å². The zero-order valence-corrected chi connectivity index (χ0v) is 9.00. The van der Waals surface area contributed by atoms with Gasteiger partial charge in [0.15, 0.2) is 11.6 Å². The van der Waals surface area contributed by atoms with Gasteiger partial charge in [0.2, 0.25) is 0 Å². The molecule has 0 aromatic carbocycles. The van der Waals surface area contributed by atoms with E-state index in [-0.39, 0.29) is 5.82 Å². The number of anilines is 1. The molecule has 5 heteroatoms. The van der Waals surface area contributed by atoms with E-state index in [9.17, 15) is 4.39 Å². The Morgan fingerprint density at radius 3 is 3.07 bits per heavy atom. The average molecular weight is 210 g/mol. The molecular formula is C10H15FN4. The van der Waals surface area contributed by atoms with Crippen LogP contribution in [0.25, 0.3) is 0 Å². The molecule has 0 amide bonds. The largest absolute Gasteiger partial charge is 0.351 e. The molecule has 0 unspecified atom stereocenters. The Morgan fingerprint density at radius 1 is 1.53 bits per heavy atom. The van der Waals surface area contributed by atoms with Gasteiger partial charge in [-0.2, -0.15) is 0 Å². The molecule has 2 heterocycles. The van der Waals surface area contributed by atoms with Crippen LogP contribution in [0.5, 0.6) is 0 Å². The molecule has 1 saturated heterocycles. The van der Waals surface area contributed by atoms with Crippen LogP contribution in [0.15, 0.2) is 6.33 Å². The molecule has 1 aromatic heterocycles. The number of rotatable bonds is 1. The van der Waals surface area contributed by atoms with Crippen molar-refractivity contribution >= 4 is 5.82 Å². The quantitative estimate of drug-likeness (QED) is 0.741. The van der Waals surface area contributed by atoms with Crippen molar-refractivity contribution in [2.24, 2.45) is 0 Å². The van der Waals surface area contributed by atoms with Crippen molar-refractivity contribution in [3.05, 3.63) is 17.8 Å². The zero-order chi connectivity index (χ0) is 10.8. The number of piperazine rings is 1. The van der Waals surface area contributed by atoms with Gasteiger partial charge in [0.25, 0.3) is 0 Å². The first kappa shape index (κ1) is 10.3. The van der Waals surface area contributed by atoms with E-state index in [2.05, 4.69) is 22.2 Å². The molecule has 1 aliphatic rings. The van der Waals surface area contributed by atoms with Gasteiger partial charge in [-0.05, 0) is 13.8 Å². The van der Waals surface area contributed by atoms with Gasteiger partial charge in [0, 0.05) is 25.7 Å². The van der Waals surface area contributed by atoms with Gasteiger partial charge in [-0.3, -0.25) is 0 Å². The van der Waals surface area contributed by atoms with Gasteiger partial charge < -0.3 is 10.2 Å². The van der Waals surface area contributed by atoms with Crippen LogP contribution in [-0.4, -0.2) is 35.6 Å². The lowest BCUT2D eigenvalue weighted by Crippen LogP contribution is -2.49. The van der Waals surface area contributed by atoms with Crippen molar-refractivity contribution in [1.29, 1.82) is 0 Å². The maximum atomic E-state index is 13.7. The summed E-state index contributed by atoms with van der Waals surface area (Å²) < 4.78 is 13.7. The number of nitrogens with zero attached hydrogens (tertiary/aromatic N) is 3. The minimum absolute atomic E-state index is 0.299. The molecule has 0 saturated carbocycles. The van der Waals surface area contributed by atoms with E-state index in [1.807, 2.05) is 4.90 Å². The van der Waals surface area contributed by atoms with Crippen LogP contribution in [0, 0.1) is 12.7 Å². The third kappa shape index (κ3) is 2.07. The molecule has 4 nitrogen and oxygen atoms in total. The second-order valence-electron chi connectivity index (χ2n) is 3.90. The summed E-state index contributed by atoms with van der Waals surface area (Å²) in [5, 5.41) is 3.31. The van der Waals surface area contributed by atoms with Gasteiger partial charge in [-0.15, -0.1) is 0 Å². The summed E-state index contributed by atoms with van der Waals surface area (Å²) in [6.07, 6.45) is 1.42. The lowest BCUT2D eigenvalue weighted by molar-refractivity contribution is 0.473. The predicted octanol–water partition coefficient (Wildman–Crippen LogP) is 0.722. The number of hydrogen-bond acceptors (Lipinski definition) is 4. The average Bonchev–Trinajstić information content (AvgIpc) is 2.22. The molecule has 1 N–H and O–H groups in total. The first-order chi connectivity index (χ1) is 7.18. The van der Waals surface area contributed by atoms with Gasteiger partial charge in [0.1, 0.15) is 6.33 Å². The fraction of sp³-hybridized carbons (Fsp3) is 0.600. The van der Waals surface area contributed by atoms with Crippen LogP contribution >= 0.6 is 0 Å². The summed E-state index contributed by atoms with van der Waals surface area (Å²) in [7, 11) is 0. The maximum Gasteiger partial charge on any atom is 0.186 e. The molecule has 1 fully saturated rings. The molecule has 15 heavy (non-hydrogen) atoms. The smallest absolute Gasteiger partial charge is 0.186 e. The molecule has 82 valence electrons.